The normalized spacial score (nSPS) is 14.1. The number of thioether (sulfide) groups is 1. The summed E-state index contributed by atoms with van der Waals surface area (Å²) in [5.74, 6) is 0. The highest BCUT2D eigenvalue weighted by Gasteiger charge is 2.02. The second-order valence-corrected chi connectivity index (χ2v) is 4.82. The van der Waals surface area contributed by atoms with E-state index < -0.39 is 0 Å². The van der Waals surface area contributed by atoms with Gasteiger partial charge >= 0.3 is 0 Å². The van der Waals surface area contributed by atoms with Gasteiger partial charge in [0.25, 0.3) is 0 Å². The molecule has 1 N–H and O–H groups in total. The van der Waals surface area contributed by atoms with Crippen molar-refractivity contribution in [1.82, 2.24) is 5.32 Å². The molecule has 0 heterocycles. The van der Waals surface area contributed by atoms with Crippen LogP contribution >= 0.6 is 11.8 Å². The summed E-state index contributed by atoms with van der Waals surface area (Å²) in [7, 11) is 0. The van der Waals surface area contributed by atoms with Crippen molar-refractivity contribution < 1.29 is 0 Å². The van der Waals surface area contributed by atoms with Gasteiger partial charge in [0.1, 0.15) is 0 Å². The van der Waals surface area contributed by atoms with Crippen molar-refractivity contribution in [3.05, 3.63) is 0 Å². The fraction of sp³-hybridized carbons (Fsp3) is 1.00. The van der Waals surface area contributed by atoms with Crippen molar-refractivity contribution in [2.45, 2.75) is 38.2 Å². The average Bonchev–Trinajstić information content (AvgIpc) is 1.82. The van der Waals surface area contributed by atoms with Crippen LogP contribution in [0.3, 0.4) is 0 Å². The quantitative estimate of drug-likeness (QED) is 0.663. The van der Waals surface area contributed by atoms with E-state index in [0.717, 1.165) is 23.6 Å². The van der Waals surface area contributed by atoms with E-state index in [4.69, 9.17) is 0 Å². The molecule has 0 aromatic heterocycles. The van der Waals surface area contributed by atoms with Gasteiger partial charge in [-0.2, -0.15) is 11.8 Å². The molecule has 62 valence electrons. The molecule has 1 nitrogen and oxygen atoms in total. The monoisotopic (exact) mass is 161 g/mol. The predicted molar refractivity (Wildman–Crippen MR) is 50.7 cm³/mol. The smallest absolute Gasteiger partial charge is 0.0146 e. The zero-order valence-corrected chi connectivity index (χ0v) is 8.29. The Labute approximate surface area is 69.0 Å². The second kappa shape index (κ2) is 6.05. The molecule has 1 unspecified atom stereocenters. The maximum absolute atomic E-state index is 3.33. The van der Waals surface area contributed by atoms with Crippen LogP contribution in [0.4, 0.5) is 0 Å². The van der Waals surface area contributed by atoms with Gasteiger partial charge < -0.3 is 5.32 Å². The van der Waals surface area contributed by atoms with Gasteiger partial charge in [-0.15, -0.1) is 0 Å². The SMILES string of the molecule is CCNCC(C)SC(C)C. The van der Waals surface area contributed by atoms with Crippen LogP contribution in [0.1, 0.15) is 27.7 Å². The highest BCUT2D eigenvalue weighted by molar-refractivity contribution is 8.00. The van der Waals surface area contributed by atoms with Crippen LogP contribution in [0.5, 0.6) is 0 Å². The van der Waals surface area contributed by atoms with Crippen LogP contribution in [0.2, 0.25) is 0 Å². The lowest BCUT2D eigenvalue weighted by molar-refractivity contribution is 0.711. The topological polar surface area (TPSA) is 12.0 Å². The Hall–Kier alpha value is 0.310. The lowest BCUT2D eigenvalue weighted by atomic mass is 10.5. The number of nitrogens with one attached hydrogen (secondary N) is 1. The van der Waals surface area contributed by atoms with E-state index in [1.165, 1.54) is 0 Å². The zero-order valence-electron chi connectivity index (χ0n) is 7.48. The Bertz CT molecular complexity index is 73.7. The summed E-state index contributed by atoms with van der Waals surface area (Å²) in [4.78, 5) is 0. The molecule has 1 atom stereocenters. The molecule has 0 saturated heterocycles. The Kier molecular flexibility index (Phi) is 6.24. The highest BCUT2D eigenvalue weighted by Crippen LogP contribution is 2.15. The third-order valence-corrected chi connectivity index (χ3v) is 2.36. The summed E-state index contributed by atoms with van der Waals surface area (Å²) in [5.41, 5.74) is 0. The van der Waals surface area contributed by atoms with Crippen LogP contribution < -0.4 is 5.32 Å². The van der Waals surface area contributed by atoms with E-state index in [9.17, 15) is 0 Å². The van der Waals surface area contributed by atoms with Crippen molar-refractivity contribution in [3.8, 4) is 0 Å². The predicted octanol–water partition coefficient (Wildman–Crippen LogP) is 2.13. The Morgan fingerprint density at radius 2 is 1.90 bits per heavy atom. The summed E-state index contributed by atoms with van der Waals surface area (Å²) >= 11 is 2.03. The Morgan fingerprint density at radius 1 is 1.30 bits per heavy atom. The van der Waals surface area contributed by atoms with E-state index >= 15 is 0 Å². The molecular weight excluding hydrogens is 142 g/mol. The zero-order chi connectivity index (χ0) is 7.98. The van der Waals surface area contributed by atoms with Gasteiger partial charge in [0.2, 0.25) is 0 Å². The molecule has 0 bridgehead atoms. The summed E-state index contributed by atoms with van der Waals surface area (Å²) < 4.78 is 0. The van der Waals surface area contributed by atoms with Crippen molar-refractivity contribution >= 4 is 11.8 Å². The Morgan fingerprint density at radius 3 is 2.30 bits per heavy atom. The third-order valence-electron chi connectivity index (χ3n) is 1.19. The molecule has 2 heteroatoms. The van der Waals surface area contributed by atoms with Gasteiger partial charge in [0.15, 0.2) is 0 Å². The van der Waals surface area contributed by atoms with Crippen LogP contribution in [0.25, 0.3) is 0 Å². The minimum atomic E-state index is 0.750. The molecule has 0 amide bonds. The maximum atomic E-state index is 3.33. The van der Waals surface area contributed by atoms with E-state index in [1.807, 2.05) is 11.8 Å². The first kappa shape index (κ1) is 10.3. The van der Waals surface area contributed by atoms with E-state index in [-0.39, 0.29) is 0 Å². The fourth-order valence-electron chi connectivity index (χ4n) is 0.860. The molecule has 0 radical (unpaired) electrons. The summed E-state index contributed by atoms with van der Waals surface area (Å²) in [5, 5.41) is 4.84. The van der Waals surface area contributed by atoms with Crippen molar-refractivity contribution in [3.63, 3.8) is 0 Å². The van der Waals surface area contributed by atoms with E-state index in [0.29, 0.717) is 0 Å². The third kappa shape index (κ3) is 6.43. The maximum Gasteiger partial charge on any atom is 0.0146 e. The summed E-state index contributed by atoms with van der Waals surface area (Å²) in [6, 6.07) is 0. The van der Waals surface area contributed by atoms with Crippen molar-refractivity contribution in [1.29, 1.82) is 0 Å². The average molecular weight is 161 g/mol. The molecule has 0 saturated carbocycles. The van der Waals surface area contributed by atoms with E-state index in [1.54, 1.807) is 0 Å². The van der Waals surface area contributed by atoms with Crippen LogP contribution in [0, 0.1) is 0 Å². The van der Waals surface area contributed by atoms with Gasteiger partial charge in [-0.1, -0.05) is 27.7 Å². The van der Waals surface area contributed by atoms with Crippen LogP contribution in [0.15, 0.2) is 0 Å². The molecule has 0 aliphatic heterocycles. The molecule has 0 rings (SSSR count). The van der Waals surface area contributed by atoms with E-state index in [2.05, 4.69) is 33.0 Å². The number of hydrogen-bond acceptors (Lipinski definition) is 2. The standard InChI is InChI=1S/C8H19NS/c1-5-9-6-8(4)10-7(2)3/h7-9H,5-6H2,1-4H3. The first-order valence-corrected chi connectivity index (χ1v) is 4.97. The Balaban J connectivity index is 3.16. The number of hydrogen-bond donors (Lipinski definition) is 1. The first-order chi connectivity index (χ1) is 4.66. The van der Waals surface area contributed by atoms with Gasteiger partial charge in [-0.3, -0.25) is 0 Å². The molecule has 0 aromatic carbocycles. The van der Waals surface area contributed by atoms with Crippen LogP contribution in [-0.2, 0) is 0 Å². The molecule has 0 aromatic rings. The van der Waals surface area contributed by atoms with Crippen molar-refractivity contribution in [2.24, 2.45) is 0 Å². The largest absolute Gasteiger partial charge is 0.316 e. The highest BCUT2D eigenvalue weighted by atomic mass is 32.2. The minimum Gasteiger partial charge on any atom is -0.316 e. The lowest BCUT2D eigenvalue weighted by Crippen LogP contribution is -2.23. The second-order valence-electron chi connectivity index (χ2n) is 2.80. The molecule has 0 aliphatic carbocycles. The van der Waals surface area contributed by atoms with Gasteiger partial charge in [0, 0.05) is 11.8 Å². The first-order valence-electron chi connectivity index (χ1n) is 4.03. The summed E-state index contributed by atoms with van der Waals surface area (Å²) in [6.07, 6.45) is 0. The van der Waals surface area contributed by atoms with Gasteiger partial charge in [0.05, 0.1) is 0 Å². The summed E-state index contributed by atoms with van der Waals surface area (Å²) in [6.45, 7) is 11.1. The molecular formula is C8H19NS. The molecule has 0 aliphatic rings. The molecule has 0 fully saturated rings. The minimum absolute atomic E-state index is 0.750. The number of rotatable bonds is 5. The van der Waals surface area contributed by atoms with Crippen LogP contribution in [-0.4, -0.2) is 23.6 Å². The van der Waals surface area contributed by atoms with Crippen molar-refractivity contribution in [2.75, 3.05) is 13.1 Å². The lowest BCUT2D eigenvalue weighted by Gasteiger charge is -2.13. The molecule has 0 spiro atoms. The fourth-order valence-corrected chi connectivity index (χ4v) is 2.00. The van der Waals surface area contributed by atoms with Gasteiger partial charge in [-0.25, -0.2) is 0 Å². The molecule has 10 heavy (non-hydrogen) atoms. The van der Waals surface area contributed by atoms with Gasteiger partial charge in [-0.05, 0) is 11.8 Å².